The summed E-state index contributed by atoms with van der Waals surface area (Å²) in [4.78, 5) is 41.2. The fraction of sp³-hybridized carbons (Fsp3) is 0.207. The normalized spacial score (nSPS) is 12.4. The van der Waals surface area contributed by atoms with E-state index in [0.717, 1.165) is 4.68 Å². The summed E-state index contributed by atoms with van der Waals surface area (Å²) in [5.41, 5.74) is 0.849. The maximum atomic E-state index is 12.8. The van der Waals surface area contributed by atoms with Crippen molar-refractivity contribution in [2.45, 2.75) is 19.0 Å². The van der Waals surface area contributed by atoms with E-state index in [1.54, 1.807) is 48.5 Å². The van der Waals surface area contributed by atoms with Crippen molar-refractivity contribution in [2.24, 2.45) is 7.05 Å². The fourth-order valence-electron chi connectivity index (χ4n) is 4.06. The van der Waals surface area contributed by atoms with Crippen molar-refractivity contribution in [3.05, 3.63) is 92.3 Å². The number of hydrogen-bond acceptors (Lipinski definition) is 8. The number of nitrogens with zero attached hydrogens (tertiary/aromatic N) is 3. The molecule has 13 heteroatoms. The number of aliphatic hydroxyl groups is 1. The first-order chi connectivity index (χ1) is 20.0. The Balaban J connectivity index is 1.66. The lowest BCUT2D eigenvalue weighted by molar-refractivity contribution is -0.145. The lowest BCUT2D eigenvalue weighted by atomic mass is 10.00. The lowest BCUT2D eigenvalue weighted by Crippen LogP contribution is -2.52. The van der Waals surface area contributed by atoms with Gasteiger partial charge in [0.15, 0.2) is 0 Å². The van der Waals surface area contributed by atoms with Crippen molar-refractivity contribution < 1.29 is 24.5 Å². The van der Waals surface area contributed by atoms with E-state index in [0.29, 0.717) is 33.0 Å². The summed E-state index contributed by atoms with van der Waals surface area (Å²) in [5.74, 6) is -1.58. The zero-order valence-electron chi connectivity index (χ0n) is 22.8. The molecule has 0 aliphatic rings. The summed E-state index contributed by atoms with van der Waals surface area (Å²) < 4.78 is 6.51. The molecule has 0 aliphatic carbocycles. The summed E-state index contributed by atoms with van der Waals surface area (Å²) in [6.07, 6.45) is 1.36. The standard InChI is InChI=1S/C29H27Cl2N5O6/c1-29(15-37,28(40)41)32-14-16-10-11-21(35-26(16)42-3)19-8-4-6-17(23(19)30)18-7-5-9-22(24(18)31)34-25(38)20-12-13-33-36(2)27(20)39/h4-13,32,37H,14-15H2,1-3H3,(H,34,38)(H,40,41). The largest absolute Gasteiger partial charge is 0.481 e. The van der Waals surface area contributed by atoms with Crippen LogP contribution in [0.1, 0.15) is 22.8 Å². The number of aliphatic carboxylic acids is 1. The summed E-state index contributed by atoms with van der Waals surface area (Å²) in [5, 5.41) is 28.8. The number of aliphatic hydroxyl groups excluding tert-OH is 1. The van der Waals surface area contributed by atoms with Crippen LogP contribution in [0.2, 0.25) is 10.0 Å². The van der Waals surface area contributed by atoms with Crippen LogP contribution in [-0.2, 0) is 18.4 Å². The number of carboxylic acid groups (broad SMARTS) is 1. The molecule has 0 aliphatic heterocycles. The lowest BCUT2D eigenvalue weighted by Gasteiger charge is -2.24. The van der Waals surface area contributed by atoms with E-state index in [1.165, 1.54) is 33.3 Å². The first-order valence-electron chi connectivity index (χ1n) is 12.6. The second-order valence-electron chi connectivity index (χ2n) is 9.48. The number of aryl methyl sites for hydroxylation is 1. The number of carbonyl (C=O) groups is 2. The molecule has 42 heavy (non-hydrogen) atoms. The Morgan fingerprint density at radius 2 is 1.69 bits per heavy atom. The van der Waals surface area contributed by atoms with Crippen LogP contribution < -0.4 is 20.9 Å². The Morgan fingerprint density at radius 1 is 1.02 bits per heavy atom. The second-order valence-corrected chi connectivity index (χ2v) is 10.2. The predicted octanol–water partition coefficient (Wildman–Crippen LogP) is 4.00. The number of amides is 1. The number of methoxy groups -OCH3 is 1. The topological polar surface area (TPSA) is 156 Å². The smallest absolute Gasteiger partial charge is 0.326 e. The van der Waals surface area contributed by atoms with Gasteiger partial charge in [-0.25, -0.2) is 9.67 Å². The highest BCUT2D eigenvalue weighted by Gasteiger charge is 2.32. The molecule has 2 heterocycles. The molecule has 4 aromatic rings. The highest BCUT2D eigenvalue weighted by molar-refractivity contribution is 6.39. The van der Waals surface area contributed by atoms with Crippen LogP contribution in [0, 0.1) is 0 Å². The first-order valence-corrected chi connectivity index (χ1v) is 13.3. The van der Waals surface area contributed by atoms with Crippen LogP contribution in [0.25, 0.3) is 22.4 Å². The molecular weight excluding hydrogens is 585 g/mol. The molecule has 0 radical (unpaired) electrons. The second kappa shape index (κ2) is 12.7. The molecule has 4 N–H and O–H groups in total. The van der Waals surface area contributed by atoms with Gasteiger partial charge in [0.1, 0.15) is 11.1 Å². The van der Waals surface area contributed by atoms with Crippen LogP contribution in [0.15, 0.2) is 65.6 Å². The zero-order chi connectivity index (χ0) is 30.6. The molecule has 0 saturated carbocycles. The van der Waals surface area contributed by atoms with Gasteiger partial charge in [-0.15, -0.1) is 0 Å². The number of anilines is 1. The maximum Gasteiger partial charge on any atom is 0.326 e. The van der Waals surface area contributed by atoms with Crippen molar-refractivity contribution in [1.29, 1.82) is 0 Å². The summed E-state index contributed by atoms with van der Waals surface area (Å²) in [7, 11) is 2.89. The molecular formula is C29H27Cl2N5O6. The first kappa shape index (κ1) is 30.7. The zero-order valence-corrected chi connectivity index (χ0v) is 24.3. The quantitative estimate of drug-likeness (QED) is 0.208. The van der Waals surface area contributed by atoms with Gasteiger partial charge in [-0.05, 0) is 25.1 Å². The van der Waals surface area contributed by atoms with E-state index < -0.39 is 29.6 Å². The Bertz CT molecular complexity index is 1730. The van der Waals surface area contributed by atoms with Crippen LogP contribution in [0.3, 0.4) is 0 Å². The molecule has 1 unspecified atom stereocenters. The van der Waals surface area contributed by atoms with Gasteiger partial charge in [-0.1, -0.05) is 59.6 Å². The summed E-state index contributed by atoms with van der Waals surface area (Å²) in [6.45, 7) is 0.849. The van der Waals surface area contributed by atoms with Gasteiger partial charge in [0.2, 0.25) is 5.88 Å². The van der Waals surface area contributed by atoms with Gasteiger partial charge >= 0.3 is 5.97 Å². The molecule has 0 saturated heterocycles. The van der Waals surface area contributed by atoms with Crippen molar-refractivity contribution in [1.82, 2.24) is 20.1 Å². The monoisotopic (exact) mass is 611 g/mol. The van der Waals surface area contributed by atoms with Gasteiger partial charge in [0.05, 0.1) is 35.1 Å². The SMILES string of the molecule is COc1nc(-c2cccc(-c3cccc(NC(=O)c4ccnn(C)c4=O)c3Cl)c2Cl)ccc1CNC(C)(CO)C(=O)O. The minimum atomic E-state index is -1.54. The maximum absolute atomic E-state index is 12.8. The van der Waals surface area contributed by atoms with E-state index >= 15 is 0 Å². The molecule has 11 nitrogen and oxygen atoms in total. The van der Waals surface area contributed by atoms with E-state index in [2.05, 4.69) is 20.7 Å². The molecule has 218 valence electrons. The van der Waals surface area contributed by atoms with E-state index in [1.807, 2.05) is 0 Å². The van der Waals surface area contributed by atoms with Gasteiger partial charge in [0, 0.05) is 42.0 Å². The van der Waals surface area contributed by atoms with Crippen LogP contribution in [0.4, 0.5) is 5.69 Å². The third-order valence-electron chi connectivity index (χ3n) is 6.65. The average Bonchev–Trinajstić information content (AvgIpc) is 2.98. The number of benzene rings is 2. The molecule has 0 bridgehead atoms. The minimum Gasteiger partial charge on any atom is -0.481 e. The van der Waals surface area contributed by atoms with Crippen molar-refractivity contribution in [2.75, 3.05) is 19.0 Å². The highest BCUT2D eigenvalue weighted by atomic mass is 35.5. The van der Waals surface area contributed by atoms with Crippen molar-refractivity contribution in [3.63, 3.8) is 0 Å². The van der Waals surface area contributed by atoms with E-state index in [-0.39, 0.29) is 28.7 Å². The Kier molecular flexibility index (Phi) is 9.27. The Morgan fingerprint density at radius 3 is 2.36 bits per heavy atom. The van der Waals surface area contributed by atoms with E-state index in [9.17, 15) is 24.6 Å². The summed E-state index contributed by atoms with van der Waals surface area (Å²) >= 11 is 13.6. The molecule has 4 rings (SSSR count). The van der Waals surface area contributed by atoms with Crippen LogP contribution >= 0.6 is 23.2 Å². The number of pyridine rings is 1. The van der Waals surface area contributed by atoms with E-state index in [4.69, 9.17) is 27.9 Å². The highest BCUT2D eigenvalue weighted by Crippen LogP contribution is 2.41. The number of halogens is 2. The molecule has 0 fully saturated rings. The van der Waals surface area contributed by atoms with Gasteiger partial charge in [0.25, 0.3) is 11.5 Å². The average molecular weight is 612 g/mol. The van der Waals surface area contributed by atoms with Crippen molar-refractivity contribution in [3.8, 4) is 28.3 Å². The number of rotatable bonds is 10. The number of carbonyl (C=O) groups excluding carboxylic acids is 1. The van der Waals surface area contributed by atoms with Crippen LogP contribution in [-0.4, -0.2) is 56.1 Å². The number of nitrogens with one attached hydrogen (secondary N) is 2. The Labute approximate surface area is 250 Å². The van der Waals surface area contributed by atoms with Crippen molar-refractivity contribution >= 4 is 40.8 Å². The molecule has 0 spiro atoms. The van der Waals surface area contributed by atoms with Gasteiger partial charge < -0.3 is 20.3 Å². The number of aromatic nitrogens is 3. The number of hydrogen-bond donors (Lipinski definition) is 4. The molecule has 2 aromatic carbocycles. The molecule has 1 atom stereocenters. The molecule has 1 amide bonds. The third kappa shape index (κ3) is 6.14. The Hall–Kier alpha value is -4.29. The molecule has 2 aromatic heterocycles. The summed E-state index contributed by atoms with van der Waals surface area (Å²) in [6, 6.07) is 15.2. The number of ether oxygens (including phenoxy) is 1. The van der Waals surface area contributed by atoms with Gasteiger partial charge in [-0.2, -0.15) is 5.10 Å². The minimum absolute atomic E-state index is 0.0767. The van der Waals surface area contributed by atoms with Gasteiger partial charge in [-0.3, -0.25) is 19.7 Å². The number of carboxylic acids is 1. The fourth-order valence-corrected chi connectivity index (χ4v) is 4.66. The predicted molar refractivity (Wildman–Crippen MR) is 159 cm³/mol. The third-order valence-corrected chi connectivity index (χ3v) is 7.47. The van der Waals surface area contributed by atoms with Crippen LogP contribution in [0.5, 0.6) is 5.88 Å².